The van der Waals surface area contributed by atoms with E-state index in [1.165, 1.54) is 0 Å². The summed E-state index contributed by atoms with van der Waals surface area (Å²) in [6.45, 7) is 0.628. The van der Waals surface area contributed by atoms with E-state index in [4.69, 9.17) is 9.47 Å². The second kappa shape index (κ2) is 8.01. The summed E-state index contributed by atoms with van der Waals surface area (Å²) in [4.78, 5) is 11.6. The van der Waals surface area contributed by atoms with Gasteiger partial charge in [0, 0.05) is 10.1 Å². The average Bonchev–Trinajstić information content (AvgIpc) is 3.02. The molecular formula is C18H11F5O4S. The largest absolute Gasteiger partial charge is 0.514 e. The van der Waals surface area contributed by atoms with E-state index in [9.17, 15) is 26.7 Å². The Hall–Kier alpha value is -2.88. The zero-order valence-corrected chi connectivity index (χ0v) is 15.0. The van der Waals surface area contributed by atoms with Gasteiger partial charge in [-0.05, 0) is 19.1 Å². The van der Waals surface area contributed by atoms with Gasteiger partial charge in [0.25, 0.3) is 0 Å². The number of carbonyl (C=O) groups excluding carboxylic acids is 1. The molecule has 0 saturated carbocycles. The third kappa shape index (κ3) is 3.59. The summed E-state index contributed by atoms with van der Waals surface area (Å²) in [5.41, 5.74) is -1.14. The fraction of sp³-hybridized carbons (Fsp3) is 0.167. The molecule has 0 spiro atoms. The van der Waals surface area contributed by atoms with Gasteiger partial charge in [-0.2, -0.15) is 0 Å². The minimum absolute atomic E-state index is 0.0461. The van der Waals surface area contributed by atoms with Gasteiger partial charge in [0.2, 0.25) is 10.9 Å². The van der Waals surface area contributed by atoms with Crippen LogP contribution in [0.1, 0.15) is 12.5 Å². The van der Waals surface area contributed by atoms with Gasteiger partial charge in [-0.15, -0.1) is 0 Å². The number of benzene rings is 2. The van der Waals surface area contributed by atoms with Gasteiger partial charge in [-0.3, -0.25) is 0 Å². The number of hydrogen-bond acceptors (Lipinski definition) is 5. The number of halogens is 5. The Kier molecular flexibility index (Phi) is 5.68. The lowest BCUT2D eigenvalue weighted by Crippen LogP contribution is -2.11. The Balaban J connectivity index is 1.98. The molecule has 3 aromatic rings. The van der Waals surface area contributed by atoms with E-state index in [0.29, 0.717) is 10.1 Å². The molecule has 0 aliphatic rings. The highest BCUT2D eigenvalue weighted by Gasteiger charge is 2.27. The van der Waals surface area contributed by atoms with Gasteiger partial charge in [0.05, 0.1) is 12.2 Å². The first-order valence-corrected chi connectivity index (χ1v) is 8.66. The van der Waals surface area contributed by atoms with Crippen molar-refractivity contribution in [1.82, 2.24) is 0 Å². The molecule has 1 aromatic heterocycles. The Labute approximate surface area is 159 Å². The Morgan fingerprint density at radius 2 is 1.57 bits per heavy atom. The summed E-state index contributed by atoms with van der Waals surface area (Å²) in [6.07, 6.45) is -1.03. The van der Waals surface area contributed by atoms with E-state index in [2.05, 4.69) is 4.74 Å². The third-order valence-corrected chi connectivity index (χ3v) is 4.65. The van der Waals surface area contributed by atoms with Crippen LogP contribution in [-0.2, 0) is 11.3 Å². The van der Waals surface area contributed by atoms with E-state index in [1.807, 2.05) is 0 Å². The molecule has 10 heteroatoms. The molecule has 1 heterocycles. The van der Waals surface area contributed by atoms with E-state index < -0.39 is 47.4 Å². The van der Waals surface area contributed by atoms with Crippen molar-refractivity contribution in [3.63, 3.8) is 0 Å². The van der Waals surface area contributed by atoms with Crippen LogP contribution in [0.25, 0.3) is 10.1 Å². The summed E-state index contributed by atoms with van der Waals surface area (Å²) in [6, 6.07) is 6.58. The molecule has 0 saturated heterocycles. The van der Waals surface area contributed by atoms with Gasteiger partial charge in [-0.25, -0.2) is 26.7 Å². The Morgan fingerprint density at radius 3 is 2.21 bits per heavy atom. The van der Waals surface area contributed by atoms with Crippen LogP contribution in [0.4, 0.5) is 26.7 Å². The smallest absolute Gasteiger partial charge is 0.483 e. The van der Waals surface area contributed by atoms with Crippen molar-refractivity contribution in [3.05, 3.63) is 58.9 Å². The van der Waals surface area contributed by atoms with Crippen LogP contribution in [0, 0.1) is 29.1 Å². The van der Waals surface area contributed by atoms with Crippen LogP contribution in [0.15, 0.2) is 24.3 Å². The van der Waals surface area contributed by atoms with Gasteiger partial charge < -0.3 is 14.2 Å². The zero-order chi connectivity index (χ0) is 20.4. The predicted octanol–water partition coefficient (Wildman–Crippen LogP) is 5.71. The minimum Gasteiger partial charge on any atom is -0.483 e. The predicted molar refractivity (Wildman–Crippen MR) is 90.0 cm³/mol. The second-order valence-corrected chi connectivity index (χ2v) is 6.35. The molecule has 0 amide bonds. The molecule has 0 unspecified atom stereocenters. The standard InChI is InChI=1S/C18H11F5O4S/c1-2-25-18(24)27-17-16(8-5-3-4-6-10(8)28-17)26-7-9-11(19)13(21)15(23)14(22)12(9)20/h3-6H,2,7H2,1H3. The van der Waals surface area contributed by atoms with Crippen molar-refractivity contribution in [2.75, 3.05) is 6.61 Å². The van der Waals surface area contributed by atoms with Crippen molar-refractivity contribution >= 4 is 27.6 Å². The van der Waals surface area contributed by atoms with Crippen molar-refractivity contribution in [2.24, 2.45) is 0 Å². The van der Waals surface area contributed by atoms with E-state index in [-0.39, 0.29) is 17.4 Å². The highest BCUT2D eigenvalue weighted by molar-refractivity contribution is 7.21. The molecule has 0 N–H and O–H groups in total. The number of thiophene rings is 1. The normalized spacial score (nSPS) is 10.9. The molecule has 3 rings (SSSR count). The van der Waals surface area contributed by atoms with E-state index in [0.717, 1.165) is 11.3 Å². The molecule has 0 fully saturated rings. The maximum absolute atomic E-state index is 13.9. The number of fused-ring (bicyclic) bond motifs is 1. The summed E-state index contributed by atoms with van der Waals surface area (Å²) in [7, 11) is 0. The Morgan fingerprint density at radius 1 is 0.964 bits per heavy atom. The lowest BCUT2D eigenvalue weighted by Gasteiger charge is -2.11. The van der Waals surface area contributed by atoms with Crippen molar-refractivity contribution in [1.29, 1.82) is 0 Å². The third-order valence-electron chi connectivity index (χ3n) is 3.62. The molecule has 0 aliphatic heterocycles. The van der Waals surface area contributed by atoms with Gasteiger partial charge in [-0.1, -0.05) is 23.5 Å². The molecule has 28 heavy (non-hydrogen) atoms. The van der Waals surface area contributed by atoms with Crippen molar-refractivity contribution in [2.45, 2.75) is 13.5 Å². The fourth-order valence-corrected chi connectivity index (χ4v) is 3.34. The summed E-state index contributed by atoms with van der Waals surface area (Å²) < 4.78 is 83.2. The number of carbonyl (C=O) groups is 1. The molecule has 2 aromatic carbocycles. The lowest BCUT2D eigenvalue weighted by molar-refractivity contribution is 0.104. The van der Waals surface area contributed by atoms with E-state index >= 15 is 0 Å². The SMILES string of the molecule is CCOC(=O)Oc1sc2ccccc2c1OCc1c(F)c(F)c(F)c(F)c1F. The molecule has 148 valence electrons. The number of hydrogen-bond donors (Lipinski definition) is 0. The number of ether oxygens (including phenoxy) is 3. The maximum Gasteiger partial charge on any atom is 0.514 e. The minimum atomic E-state index is -2.26. The first-order chi connectivity index (χ1) is 13.3. The quantitative estimate of drug-likeness (QED) is 0.230. The molecule has 0 radical (unpaired) electrons. The monoisotopic (exact) mass is 418 g/mol. The highest BCUT2D eigenvalue weighted by Crippen LogP contribution is 2.44. The lowest BCUT2D eigenvalue weighted by atomic mass is 10.2. The van der Waals surface area contributed by atoms with Gasteiger partial charge in [0.1, 0.15) is 6.61 Å². The summed E-state index contributed by atoms with van der Waals surface area (Å²) in [5.74, 6) is -10.5. The van der Waals surface area contributed by atoms with Crippen LogP contribution in [-0.4, -0.2) is 12.8 Å². The number of rotatable bonds is 5. The fourth-order valence-electron chi connectivity index (χ4n) is 2.35. The van der Waals surface area contributed by atoms with Gasteiger partial charge >= 0.3 is 6.16 Å². The molecule has 0 bridgehead atoms. The topological polar surface area (TPSA) is 44.8 Å². The van der Waals surface area contributed by atoms with Crippen molar-refractivity contribution in [3.8, 4) is 10.8 Å². The average molecular weight is 418 g/mol. The zero-order valence-electron chi connectivity index (χ0n) is 14.2. The first-order valence-electron chi connectivity index (χ1n) is 7.84. The van der Waals surface area contributed by atoms with Crippen LogP contribution in [0.3, 0.4) is 0 Å². The van der Waals surface area contributed by atoms with Crippen LogP contribution >= 0.6 is 11.3 Å². The first kappa shape index (κ1) is 19.9. The van der Waals surface area contributed by atoms with Crippen LogP contribution in [0.5, 0.6) is 10.8 Å². The molecule has 0 atom stereocenters. The maximum atomic E-state index is 13.9. The van der Waals surface area contributed by atoms with Crippen LogP contribution < -0.4 is 9.47 Å². The highest BCUT2D eigenvalue weighted by atomic mass is 32.1. The molecule has 4 nitrogen and oxygen atoms in total. The van der Waals surface area contributed by atoms with E-state index in [1.54, 1.807) is 31.2 Å². The van der Waals surface area contributed by atoms with Crippen LogP contribution in [0.2, 0.25) is 0 Å². The molecular weight excluding hydrogens is 407 g/mol. The second-order valence-electron chi connectivity index (χ2n) is 5.34. The van der Waals surface area contributed by atoms with Crippen molar-refractivity contribution < 1.29 is 41.0 Å². The summed E-state index contributed by atoms with van der Waals surface area (Å²) >= 11 is 0.987. The van der Waals surface area contributed by atoms with Gasteiger partial charge in [0.15, 0.2) is 29.0 Å². The summed E-state index contributed by atoms with van der Waals surface area (Å²) in [5, 5.41) is 0.346. The Bertz CT molecular complexity index is 1020. The molecule has 0 aliphatic carbocycles.